The van der Waals surface area contributed by atoms with Gasteiger partial charge in [0.15, 0.2) is 0 Å². The van der Waals surface area contributed by atoms with Gasteiger partial charge in [-0.15, -0.1) is 11.3 Å². The largest absolute Gasteiger partial charge is 0.380 e. The smallest absolute Gasteiger partial charge is 0.228 e. The summed E-state index contributed by atoms with van der Waals surface area (Å²) in [5.74, 6) is 1.37. The van der Waals surface area contributed by atoms with Crippen LogP contribution in [0, 0.1) is 17.8 Å². The van der Waals surface area contributed by atoms with Gasteiger partial charge in [0, 0.05) is 37.8 Å². The number of nitrogens with zero attached hydrogens (tertiary/aromatic N) is 3. The summed E-state index contributed by atoms with van der Waals surface area (Å²) in [6.07, 6.45) is 4.18. The second kappa shape index (κ2) is 6.26. The van der Waals surface area contributed by atoms with E-state index in [9.17, 15) is 4.79 Å². The van der Waals surface area contributed by atoms with Crippen molar-refractivity contribution in [2.75, 3.05) is 39.4 Å². The molecular formula is C16H23N3O2S. The third-order valence-corrected chi connectivity index (χ3v) is 6.06. The van der Waals surface area contributed by atoms with Gasteiger partial charge in [-0.3, -0.25) is 9.69 Å². The fourth-order valence-corrected chi connectivity index (χ4v) is 4.83. The van der Waals surface area contributed by atoms with Gasteiger partial charge in [0.1, 0.15) is 5.01 Å². The molecule has 0 spiro atoms. The number of amides is 1. The zero-order valence-corrected chi connectivity index (χ0v) is 13.6. The first kappa shape index (κ1) is 14.6. The molecule has 1 aromatic rings. The molecule has 1 amide bonds. The number of carbonyl (C=O) groups excluding carboxylic acids is 1. The molecule has 0 N–H and O–H groups in total. The maximum absolute atomic E-state index is 12.8. The van der Waals surface area contributed by atoms with E-state index in [-0.39, 0.29) is 5.92 Å². The van der Waals surface area contributed by atoms with Gasteiger partial charge in [0.25, 0.3) is 0 Å². The molecule has 4 rings (SSSR count). The van der Waals surface area contributed by atoms with E-state index >= 15 is 0 Å². The molecule has 1 aromatic heterocycles. The number of carbonyl (C=O) groups is 1. The second-order valence-corrected chi connectivity index (χ2v) is 7.70. The van der Waals surface area contributed by atoms with Crippen molar-refractivity contribution >= 4 is 17.2 Å². The molecule has 0 unspecified atom stereocenters. The quantitative estimate of drug-likeness (QED) is 0.845. The van der Waals surface area contributed by atoms with Crippen LogP contribution in [-0.4, -0.2) is 60.1 Å². The summed E-state index contributed by atoms with van der Waals surface area (Å²) in [6, 6.07) is 0. The Morgan fingerprint density at radius 2 is 2.18 bits per heavy atom. The topological polar surface area (TPSA) is 45.7 Å². The fraction of sp³-hybridized carbons (Fsp3) is 0.750. The van der Waals surface area contributed by atoms with E-state index in [0.717, 1.165) is 52.2 Å². The maximum Gasteiger partial charge on any atom is 0.228 e. The van der Waals surface area contributed by atoms with Crippen LogP contribution in [0.5, 0.6) is 0 Å². The lowest BCUT2D eigenvalue weighted by atomic mass is 9.82. The lowest BCUT2D eigenvalue weighted by molar-refractivity contribution is -0.143. The number of ether oxygens (including phenoxy) is 1. The van der Waals surface area contributed by atoms with Crippen LogP contribution in [0.3, 0.4) is 0 Å². The van der Waals surface area contributed by atoms with Crippen LogP contribution in [0.2, 0.25) is 0 Å². The number of rotatable bonds is 3. The first-order valence-corrected chi connectivity index (χ1v) is 9.16. The van der Waals surface area contributed by atoms with Gasteiger partial charge in [-0.1, -0.05) is 0 Å². The molecule has 120 valence electrons. The lowest BCUT2D eigenvalue weighted by Crippen LogP contribution is -2.45. The molecule has 22 heavy (non-hydrogen) atoms. The van der Waals surface area contributed by atoms with Crippen LogP contribution in [0.15, 0.2) is 11.6 Å². The molecule has 0 saturated carbocycles. The number of thiazole rings is 1. The second-order valence-electron chi connectivity index (χ2n) is 6.72. The molecule has 0 radical (unpaired) electrons. The van der Waals surface area contributed by atoms with Gasteiger partial charge in [-0.2, -0.15) is 0 Å². The fourth-order valence-electron chi connectivity index (χ4n) is 4.17. The minimum atomic E-state index is 0.0677. The van der Waals surface area contributed by atoms with E-state index in [0.29, 0.717) is 24.3 Å². The number of likely N-dealkylation sites (tertiary alicyclic amines) is 2. The predicted octanol–water partition coefficient (Wildman–Crippen LogP) is 1.46. The van der Waals surface area contributed by atoms with Gasteiger partial charge >= 0.3 is 0 Å². The summed E-state index contributed by atoms with van der Waals surface area (Å²) in [5, 5.41) is 3.20. The predicted molar refractivity (Wildman–Crippen MR) is 84.5 cm³/mol. The third-order valence-electron chi connectivity index (χ3n) is 5.29. The normalized spacial score (nSPS) is 32.4. The van der Waals surface area contributed by atoms with Crippen molar-refractivity contribution in [2.24, 2.45) is 17.8 Å². The van der Waals surface area contributed by atoms with Crippen molar-refractivity contribution in [3.05, 3.63) is 16.6 Å². The van der Waals surface area contributed by atoms with E-state index in [1.807, 2.05) is 11.6 Å². The minimum absolute atomic E-state index is 0.0677. The molecule has 5 nitrogen and oxygen atoms in total. The monoisotopic (exact) mass is 321 g/mol. The molecule has 3 aliphatic heterocycles. The number of hydrogen-bond donors (Lipinski definition) is 0. The molecule has 3 aliphatic rings. The number of fused-ring (bicyclic) bond motifs is 1. The van der Waals surface area contributed by atoms with Gasteiger partial charge in [-0.25, -0.2) is 4.98 Å². The molecule has 4 heterocycles. The Hall–Kier alpha value is -0.980. The first-order chi connectivity index (χ1) is 10.8. The van der Waals surface area contributed by atoms with Gasteiger partial charge in [0.05, 0.1) is 25.7 Å². The summed E-state index contributed by atoms with van der Waals surface area (Å²) in [6.45, 7) is 6.26. The van der Waals surface area contributed by atoms with Crippen LogP contribution in [0.4, 0.5) is 0 Å². The highest BCUT2D eigenvalue weighted by Gasteiger charge is 2.45. The number of aromatic nitrogens is 1. The lowest BCUT2D eigenvalue weighted by Gasteiger charge is -2.34. The Labute approximate surface area is 135 Å². The minimum Gasteiger partial charge on any atom is -0.380 e. The molecule has 0 aromatic carbocycles. The molecule has 3 saturated heterocycles. The third kappa shape index (κ3) is 2.79. The Kier molecular flexibility index (Phi) is 4.15. The SMILES string of the molecule is O=C([C@H]1COC[C@H]2CN(Cc3nccs3)C[C@H]21)N1CCCC1. The number of hydrogen-bond acceptors (Lipinski definition) is 5. The highest BCUT2D eigenvalue weighted by molar-refractivity contribution is 7.09. The zero-order chi connectivity index (χ0) is 14.9. The highest BCUT2D eigenvalue weighted by atomic mass is 32.1. The van der Waals surface area contributed by atoms with E-state index < -0.39 is 0 Å². The summed E-state index contributed by atoms with van der Waals surface area (Å²) in [7, 11) is 0. The summed E-state index contributed by atoms with van der Waals surface area (Å²) < 4.78 is 5.77. The van der Waals surface area contributed by atoms with Gasteiger partial charge < -0.3 is 9.64 Å². The molecule has 0 bridgehead atoms. The summed E-state index contributed by atoms with van der Waals surface area (Å²) in [4.78, 5) is 21.7. The molecular weight excluding hydrogens is 298 g/mol. The Morgan fingerprint density at radius 1 is 1.32 bits per heavy atom. The van der Waals surface area contributed by atoms with Crippen molar-refractivity contribution in [1.82, 2.24) is 14.8 Å². The van der Waals surface area contributed by atoms with Crippen molar-refractivity contribution in [3.63, 3.8) is 0 Å². The van der Waals surface area contributed by atoms with Crippen LogP contribution in [-0.2, 0) is 16.1 Å². The molecule has 6 heteroatoms. The van der Waals surface area contributed by atoms with Crippen molar-refractivity contribution in [3.8, 4) is 0 Å². The molecule has 0 aliphatic carbocycles. The Balaban J connectivity index is 1.43. The van der Waals surface area contributed by atoms with E-state index in [1.54, 1.807) is 11.3 Å². The van der Waals surface area contributed by atoms with E-state index in [1.165, 1.54) is 5.01 Å². The summed E-state index contributed by atoms with van der Waals surface area (Å²) in [5.41, 5.74) is 0. The Morgan fingerprint density at radius 3 is 2.95 bits per heavy atom. The average molecular weight is 321 g/mol. The van der Waals surface area contributed by atoms with E-state index in [4.69, 9.17) is 4.74 Å². The van der Waals surface area contributed by atoms with Crippen LogP contribution >= 0.6 is 11.3 Å². The first-order valence-electron chi connectivity index (χ1n) is 8.28. The standard InChI is InChI=1S/C16H23N3O2S/c20-16(19-4-1-2-5-19)14-11-21-10-12-7-18(8-13(12)14)9-15-17-3-6-22-15/h3,6,12-14H,1-2,4-5,7-11H2/t12-,13-,14+/m1/s1. The Bertz CT molecular complexity index is 515. The van der Waals surface area contributed by atoms with Gasteiger partial charge in [0.2, 0.25) is 5.91 Å². The average Bonchev–Trinajstić information content (AvgIpc) is 3.27. The van der Waals surface area contributed by atoms with Crippen molar-refractivity contribution < 1.29 is 9.53 Å². The molecule has 3 atom stereocenters. The van der Waals surface area contributed by atoms with E-state index in [2.05, 4.69) is 14.8 Å². The maximum atomic E-state index is 12.8. The van der Waals surface area contributed by atoms with Crippen LogP contribution < -0.4 is 0 Å². The summed E-state index contributed by atoms with van der Waals surface area (Å²) >= 11 is 1.71. The zero-order valence-electron chi connectivity index (χ0n) is 12.8. The van der Waals surface area contributed by atoms with Crippen LogP contribution in [0.1, 0.15) is 17.8 Å². The van der Waals surface area contributed by atoms with Crippen molar-refractivity contribution in [2.45, 2.75) is 19.4 Å². The van der Waals surface area contributed by atoms with Crippen molar-refractivity contribution in [1.29, 1.82) is 0 Å². The van der Waals surface area contributed by atoms with Crippen LogP contribution in [0.25, 0.3) is 0 Å². The highest BCUT2D eigenvalue weighted by Crippen LogP contribution is 2.36. The van der Waals surface area contributed by atoms with Gasteiger partial charge in [-0.05, 0) is 24.7 Å². The molecule has 3 fully saturated rings.